The molecular formula is C29H34FN3O5S. The predicted octanol–water partition coefficient (Wildman–Crippen LogP) is 4.02. The van der Waals surface area contributed by atoms with Crippen molar-refractivity contribution in [3.63, 3.8) is 0 Å². The molecule has 2 amide bonds. The highest BCUT2D eigenvalue weighted by Gasteiger charge is 2.32. The molecule has 3 aromatic rings. The minimum atomic E-state index is -4.24. The fourth-order valence-electron chi connectivity index (χ4n) is 4.03. The summed E-state index contributed by atoms with van der Waals surface area (Å²) < 4.78 is 47.6. The second-order valence-electron chi connectivity index (χ2n) is 8.79. The van der Waals surface area contributed by atoms with Gasteiger partial charge in [0.25, 0.3) is 10.0 Å². The molecule has 0 aliphatic heterocycles. The third-order valence-corrected chi connectivity index (χ3v) is 7.91. The zero-order valence-electron chi connectivity index (χ0n) is 22.3. The van der Waals surface area contributed by atoms with Crippen molar-refractivity contribution in [2.45, 2.75) is 38.1 Å². The molecule has 0 fully saturated rings. The number of nitrogens with zero attached hydrogens (tertiary/aromatic N) is 2. The number of anilines is 1. The SMILES string of the molecule is CCNC(=O)C(C)N(CCc1ccccc1)C(=O)CN(c1ccc(F)cc1)S(=O)(=O)c1ccc(OCC)cc1. The molecule has 0 saturated carbocycles. The summed E-state index contributed by atoms with van der Waals surface area (Å²) in [7, 11) is -4.24. The third kappa shape index (κ3) is 7.79. The Morgan fingerprint density at radius 1 is 0.949 bits per heavy atom. The summed E-state index contributed by atoms with van der Waals surface area (Å²) in [4.78, 5) is 27.8. The van der Waals surface area contributed by atoms with Crippen molar-refractivity contribution in [1.82, 2.24) is 10.2 Å². The summed E-state index contributed by atoms with van der Waals surface area (Å²) in [6.07, 6.45) is 0.471. The first-order chi connectivity index (χ1) is 18.7. The van der Waals surface area contributed by atoms with E-state index in [0.29, 0.717) is 25.3 Å². The molecule has 0 aliphatic carbocycles. The van der Waals surface area contributed by atoms with Crippen molar-refractivity contribution in [2.24, 2.45) is 0 Å². The molecule has 8 nitrogen and oxygen atoms in total. The molecule has 1 N–H and O–H groups in total. The van der Waals surface area contributed by atoms with E-state index in [1.165, 1.54) is 41.3 Å². The van der Waals surface area contributed by atoms with E-state index in [2.05, 4.69) is 5.32 Å². The van der Waals surface area contributed by atoms with Gasteiger partial charge in [0.2, 0.25) is 11.8 Å². The summed E-state index contributed by atoms with van der Waals surface area (Å²) in [5.74, 6) is -0.952. The van der Waals surface area contributed by atoms with Gasteiger partial charge in [-0.1, -0.05) is 30.3 Å². The Hall–Kier alpha value is -3.92. The number of likely N-dealkylation sites (N-methyl/N-ethyl adjacent to an activating group) is 1. The molecule has 0 saturated heterocycles. The molecule has 3 rings (SSSR count). The number of amides is 2. The third-order valence-electron chi connectivity index (χ3n) is 6.12. The minimum absolute atomic E-state index is 0.0595. The smallest absolute Gasteiger partial charge is 0.264 e. The Bertz CT molecular complexity index is 1330. The highest BCUT2D eigenvalue weighted by atomic mass is 32.2. The number of rotatable bonds is 13. The molecule has 0 aliphatic rings. The fraction of sp³-hybridized carbons (Fsp3) is 0.310. The predicted molar refractivity (Wildman–Crippen MR) is 149 cm³/mol. The van der Waals surface area contributed by atoms with Crippen LogP contribution in [0.1, 0.15) is 26.3 Å². The van der Waals surface area contributed by atoms with E-state index in [0.717, 1.165) is 22.0 Å². The zero-order chi connectivity index (χ0) is 28.4. The molecule has 0 bridgehead atoms. The molecule has 39 heavy (non-hydrogen) atoms. The zero-order valence-corrected chi connectivity index (χ0v) is 23.2. The molecule has 1 atom stereocenters. The van der Waals surface area contributed by atoms with Gasteiger partial charge in [0.1, 0.15) is 24.2 Å². The van der Waals surface area contributed by atoms with Crippen molar-refractivity contribution in [3.05, 3.63) is 90.2 Å². The summed E-state index contributed by atoms with van der Waals surface area (Å²) in [6.45, 7) is 5.62. The van der Waals surface area contributed by atoms with Crippen LogP contribution in [0.2, 0.25) is 0 Å². The number of benzene rings is 3. The molecule has 3 aromatic carbocycles. The average molecular weight is 556 g/mol. The second kappa shape index (κ2) is 13.7. The van der Waals surface area contributed by atoms with Gasteiger partial charge in [0.15, 0.2) is 0 Å². The summed E-state index contributed by atoms with van der Waals surface area (Å²) >= 11 is 0. The van der Waals surface area contributed by atoms with Crippen molar-refractivity contribution in [3.8, 4) is 5.75 Å². The van der Waals surface area contributed by atoms with Crippen molar-refractivity contribution in [2.75, 3.05) is 30.5 Å². The molecule has 10 heteroatoms. The fourth-order valence-corrected chi connectivity index (χ4v) is 5.44. The second-order valence-corrected chi connectivity index (χ2v) is 10.6. The maximum Gasteiger partial charge on any atom is 0.264 e. The van der Waals surface area contributed by atoms with Gasteiger partial charge in [0, 0.05) is 13.1 Å². The number of hydrogen-bond acceptors (Lipinski definition) is 5. The lowest BCUT2D eigenvalue weighted by Crippen LogP contribution is -2.52. The lowest BCUT2D eigenvalue weighted by molar-refractivity contribution is -0.138. The monoisotopic (exact) mass is 555 g/mol. The maximum absolute atomic E-state index is 13.8. The molecule has 0 aromatic heterocycles. The number of sulfonamides is 1. The Morgan fingerprint density at radius 2 is 1.59 bits per heavy atom. The van der Waals surface area contributed by atoms with E-state index in [4.69, 9.17) is 4.74 Å². The van der Waals surface area contributed by atoms with Crippen LogP contribution in [-0.4, -0.2) is 57.4 Å². The van der Waals surface area contributed by atoms with Crippen LogP contribution >= 0.6 is 0 Å². The number of carbonyl (C=O) groups excluding carboxylic acids is 2. The van der Waals surface area contributed by atoms with Crippen LogP contribution in [0.4, 0.5) is 10.1 Å². The average Bonchev–Trinajstić information content (AvgIpc) is 2.93. The molecular weight excluding hydrogens is 521 g/mol. The lowest BCUT2D eigenvalue weighted by atomic mass is 10.1. The van der Waals surface area contributed by atoms with E-state index < -0.39 is 34.3 Å². The van der Waals surface area contributed by atoms with Gasteiger partial charge in [-0.15, -0.1) is 0 Å². The van der Waals surface area contributed by atoms with E-state index in [9.17, 15) is 22.4 Å². The first-order valence-electron chi connectivity index (χ1n) is 12.8. The van der Waals surface area contributed by atoms with Gasteiger partial charge in [-0.3, -0.25) is 13.9 Å². The molecule has 0 radical (unpaired) electrons. The Kier molecular flexibility index (Phi) is 10.4. The van der Waals surface area contributed by atoms with Crippen LogP contribution in [0.25, 0.3) is 0 Å². The standard InChI is InChI=1S/C29H34FN3O5S/c1-4-31-29(35)22(3)32(20-19-23-9-7-6-8-10-23)28(34)21-33(25-13-11-24(30)12-14-25)39(36,37)27-17-15-26(16-18-27)38-5-2/h6-18,22H,4-5,19-21H2,1-3H3,(H,31,35). The minimum Gasteiger partial charge on any atom is -0.494 e. The number of nitrogens with one attached hydrogen (secondary N) is 1. The largest absolute Gasteiger partial charge is 0.494 e. The summed E-state index contributed by atoms with van der Waals surface area (Å²) in [5, 5.41) is 2.72. The van der Waals surface area contributed by atoms with Gasteiger partial charge >= 0.3 is 0 Å². The van der Waals surface area contributed by atoms with Crippen molar-refractivity contribution in [1.29, 1.82) is 0 Å². The van der Waals surface area contributed by atoms with E-state index in [1.54, 1.807) is 13.8 Å². The van der Waals surface area contributed by atoms with Gasteiger partial charge < -0.3 is 15.0 Å². The first-order valence-corrected chi connectivity index (χ1v) is 14.2. The van der Waals surface area contributed by atoms with E-state index >= 15 is 0 Å². The first kappa shape index (κ1) is 29.6. The van der Waals surface area contributed by atoms with Crippen LogP contribution < -0.4 is 14.4 Å². The summed E-state index contributed by atoms with van der Waals surface area (Å²) in [6, 6.07) is 19.4. The normalized spacial score (nSPS) is 11.9. The van der Waals surface area contributed by atoms with Gasteiger partial charge in [-0.2, -0.15) is 0 Å². The Balaban J connectivity index is 1.96. The van der Waals surface area contributed by atoms with E-state index in [1.807, 2.05) is 37.3 Å². The Morgan fingerprint density at radius 3 is 2.18 bits per heavy atom. The molecule has 208 valence electrons. The van der Waals surface area contributed by atoms with Crippen LogP contribution in [0.5, 0.6) is 5.75 Å². The lowest BCUT2D eigenvalue weighted by Gasteiger charge is -2.32. The van der Waals surface area contributed by atoms with Crippen LogP contribution in [-0.2, 0) is 26.0 Å². The van der Waals surface area contributed by atoms with Gasteiger partial charge in [-0.05, 0) is 81.3 Å². The molecule has 0 spiro atoms. The molecule has 0 heterocycles. The van der Waals surface area contributed by atoms with Crippen LogP contribution in [0, 0.1) is 5.82 Å². The number of carbonyl (C=O) groups is 2. The van der Waals surface area contributed by atoms with E-state index in [-0.39, 0.29) is 23.0 Å². The van der Waals surface area contributed by atoms with Crippen molar-refractivity contribution < 1.29 is 27.1 Å². The quantitative estimate of drug-likeness (QED) is 0.344. The van der Waals surface area contributed by atoms with Crippen molar-refractivity contribution >= 4 is 27.5 Å². The highest BCUT2D eigenvalue weighted by molar-refractivity contribution is 7.92. The maximum atomic E-state index is 13.8. The van der Waals surface area contributed by atoms with Crippen LogP contribution in [0.15, 0.2) is 83.8 Å². The van der Waals surface area contributed by atoms with Gasteiger partial charge in [0.05, 0.1) is 17.2 Å². The number of halogens is 1. The number of hydrogen-bond donors (Lipinski definition) is 1. The highest BCUT2D eigenvalue weighted by Crippen LogP contribution is 2.26. The molecule has 1 unspecified atom stereocenters. The summed E-state index contributed by atoms with van der Waals surface area (Å²) in [5.41, 5.74) is 1.09. The van der Waals surface area contributed by atoms with Gasteiger partial charge in [-0.25, -0.2) is 12.8 Å². The Labute approximate surface area is 229 Å². The van der Waals surface area contributed by atoms with Crippen LogP contribution in [0.3, 0.4) is 0 Å². The topological polar surface area (TPSA) is 96.0 Å². The number of ether oxygens (including phenoxy) is 1.